The molecule has 1 aromatic carbocycles. The Hall–Kier alpha value is -2.24. The van der Waals surface area contributed by atoms with E-state index in [4.69, 9.17) is 9.84 Å². The van der Waals surface area contributed by atoms with Gasteiger partial charge in [0.1, 0.15) is 11.6 Å². The van der Waals surface area contributed by atoms with Gasteiger partial charge < -0.3 is 20.3 Å². The molecule has 0 heterocycles. The van der Waals surface area contributed by atoms with Crippen LogP contribution >= 0.6 is 0 Å². The number of rotatable bonds is 3. The van der Waals surface area contributed by atoms with Crippen molar-refractivity contribution in [2.24, 2.45) is 0 Å². The summed E-state index contributed by atoms with van der Waals surface area (Å²) in [7, 11) is 0. The number of ether oxygens (including phenoxy) is 1. The van der Waals surface area contributed by atoms with Gasteiger partial charge in [-0.05, 0) is 45.9 Å². The van der Waals surface area contributed by atoms with Crippen LogP contribution in [0.2, 0.25) is 0 Å². The number of nitrogens with one attached hydrogen (secondary N) is 1. The molecule has 3 N–H and O–H groups in total. The van der Waals surface area contributed by atoms with E-state index in [0.29, 0.717) is 0 Å². The molecule has 0 aliphatic carbocycles. The van der Waals surface area contributed by atoms with Gasteiger partial charge in [-0.1, -0.05) is 0 Å². The van der Waals surface area contributed by atoms with Gasteiger partial charge in [-0.25, -0.2) is 4.79 Å². The maximum absolute atomic E-state index is 11.9. The molecule has 0 aliphatic heterocycles. The number of carbonyl (C=O) groups is 2. The average molecular weight is 281 g/mol. The summed E-state index contributed by atoms with van der Waals surface area (Å²) in [5.74, 6) is -1.81. The number of hydrogen-bond acceptors (Lipinski definition) is 5. The molecule has 6 nitrogen and oxygen atoms in total. The largest absolute Gasteiger partial charge is 0.504 e. The molecule has 1 atom stereocenters. The highest BCUT2D eigenvalue weighted by Crippen LogP contribution is 2.24. The lowest BCUT2D eigenvalue weighted by Gasteiger charge is -2.22. The Labute approximate surface area is 117 Å². The van der Waals surface area contributed by atoms with Gasteiger partial charge in [0, 0.05) is 5.56 Å². The number of benzene rings is 1. The van der Waals surface area contributed by atoms with E-state index in [1.807, 2.05) is 0 Å². The highest BCUT2D eigenvalue weighted by atomic mass is 16.6. The van der Waals surface area contributed by atoms with E-state index >= 15 is 0 Å². The number of carbonyl (C=O) groups excluding carboxylic acids is 2. The maximum Gasteiger partial charge on any atom is 0.328 e. The average Bonchev–Trinajstić information content (AvgIpc) is 2.30. The van der Waals surface area contributed by atoms with Crippen LogP contribution in [0.5, 0.6) is 11.5 Å². The van der Waals surface area contributed by atoms with E-state index in [-0.39, 0.29) is 11.3 Å². The number of hydrogen-bond donors (Lipinski definition) is 3. The Balaban J connectivity index is 2.70. The van der Waals surface area contributed by atoms with Crippen molar-refractivity contribution in [2.75, 3.05) is 0 Å². The van der Waals surface area contributed by atoms with Gasteiger partial charge in [0.05, 0.1) is 0 Å². The highest BCUT2D eigenvalue weighted by Gasteiger charge is 2.23. The molecule has 110 valence electrons. The predicted molar refractivity (Wildman–Crippen MR) is 72.5 cm³/mol. The SMILES string of the molecule is C[C@H](NC(=O)c1ccc(O)c(O)c1)C(=O)OC(C)(C)C. The molecular formula is C14H19NO5. The zero-order chi connectivity index (χ0) is 15.5. The van der Waals surface area contributed by atoms with E-state index in [9.17, 15) is 14.7 Å². The molecule has 20 heavy (non-hydrogen) atoms. The van der Waals surface area contributed by atoms with Crippen LogP contribution in [0, 0.1) is 0 Å². The van der Waals surface area contributed by atoms with Gasteiger partial charge in [0.15, 0.2) is 11.5 Å². The zero-order valence-electron chi connectivity index (χ0n) is 11.9. The third-order valence-electron chi connectivity index (χ3n) is 2.35. The summed E-state index contributed by atoms with van der Waals surface area (Å²) in [5, 5.41) is 20.9. The van der Waals surface area contributed by atoms with Gasteiger partial charge in [0.2, 0.25) is 0 Å². The predicted octanol–water partition coefficient (Wildman–Crippen LogP) is 1.56. The number of phenols is 2. The van der Waals surface area contributed by atoms with Crippen LogP contribution < -0.4 is 5.32 Å². The smallest absolute Gasteiger partial charge is 0.328 e. The van der Waals surface area contributed by atoms with Crippen molar-refractivity contribution in [2.45, 2.75) is 39.3 Å². The van der Waals surface area contributed by atoms with E-state index in [0.717, 1.165) is 6.07 Å². The second kappa shape index (κ2) is 5.81. The Morgan fingerprint density at radius 2 is 1.80 bits per heavy atom. The minimum atomic E-state index is -0.822. The third kappa shape index (κ3) is 4.46. The molecular weight excluding hydrogens is 262 g/mol. The Bertz CT molecular complexity index is 519. The van der Waals surface area contributed by atoms with E-state index < -0.39 is 29.3 Å². The van der Waals surface area contributed by atoms with E-state index in [2.05, 4.69) is 5.32 Å². The van der Waals surface area contributed by atoms with Crippen LogP contribution in [0.4, 0.5) is 0 Å². The summed E-state index contributed by atoms with van der Waals surface area (Å²) in [6, 6.07) is 2.83. The third-order valence-corrected chi connectivity index (χ3v) is 2.35. The first-order chi connectivity index (χ1) is 9.10. The fraction of sp³-hybridized carbons (Fsp3) is 0.429. The van der Waals surface area contributed by atoms with E-state index in [1.54, 1.807) is 20.8 Å². The van der Waals surface area contributed by atoms with Crippen molar-refractivity contribution in [1.29, 1.82) is 0 Å². The first kappa shape index (κ1) is 15.8. The lowest BCUT2D eigenvalue weighted by Crippen LogP contribution is -2.42. The molecule has 1 rings (SSSR count). The van der Waals surface area contributed by atoms with Crippen molar-refractivity contribution in [1.82, 2.24) is 5.32 Å². The Morgan fingerprint density at radius 3 is 2.30 bits per heavy atom. The van der Waals surface area contributed by atoms with Crippen molar-refractivity contribution in [3.05, 3.63) is 23.8 Å². The van der Waals surface area contributed by atoms with Crippen LogP contribution in [0.1, 0.15) is 38.1 Å². The molecule has 6 heteroatoms. The molecule has 0 spiro atoms. The monoisotopic (exact) mass is 281 g/mol. The number of amides is 1. The minimum absolute atomic E-state index is 0.135. The molecule has 1 aromatic rings. The van der Waals surface area contributed by atoms with Crippen LogP contribution in [-0.4, -0.2) is 33.7 Å². The zero-order valence-corrected chi connectivity index (χ0v) is 11.9. The first-order valence-electron chi connectivity index (χ1n) is 6.16. The van der Waals surface area contributed by atoms with Crippen molar-refractivity contribution >= 4 is 11.9 Å². The summed E-state index contributed by atoms with van der Waals surface area (Å²) in [6.45, 7) is 6.71. The topological polar surface area (TPSA) is 95.9 Å². The fourth-order valence-electron chi connectivity index (χ4n) is 1.39. The number of aromatic hydroxyl groups is 2. The molecule has 0 radical (unpaired) electrons. The second-order valence-corrected chi connectivity index (χ2v) is 5.43. The lowest BCUT2D eigenvalue weighted by molar-refractivity contribution is -0.156. The minimum Gasteiger partial charge on any atom is -0.504 e. The molecule has 1 amide bonds. The first-order valence-corrected chi connectivity index (χ1v) is 6.16. The normalized spacial score (nSPS) is 12.6. The Morgan fingerprint density at radius 1 is 1.20 bits per heavy atom. The van der Waals surface area contributed by atoms with Crippen LogP contribution in [-0.2, 0) is 9.53 Å². The molecule has 0 unspecified atom stereocenters. The number of phenolic OH excluding ortho intramolecular Hbond substituents is 2. The molecule has 0 aromatic heterocycles. The Kier molecular flexibility index (Phi) is 4.60. The van der Waals surface area contributed by atoms with Crippen LogP contribution in [0.3, 0.4) is 0 Å². The van der Waals surface area contributed by atoms with Crippen molar-refractivity contribution in [3.8, 4) is 11.5 Å². The molecule has 0 fully saturated rings. The van der Waals surface area contributed by atoms with Crippen LogP contribution in [0.15, 0.2) is 18.2 Å². The highest BCUT2D eigenvalue weighted by molar-refractivity contribution is 5.97. The summed E-state index contributed by atoms with van der Waals surface area (Å²) in [4.78, 5) is 23.6. The van der Waals surface area contributed by atoms with Gasteiger partial charge in [-0.15, -0.1) is 0 Å². The summed E-state index contributed by atoms with van der Waals surface area (Å²) in [6.07, 6.45) is 0. The molecule has 0 bridgehead atoms. The van der Waals surface area contributed by atoms with Gasteiger partial charge >= 0.3 is 5.97 Å². The summed E-state index contributed by atoms with van der Waals surface area (Å²) < 4.78 is 5.14. The second-order valence-electron chi connectivity index (χ2n) is 5.43. The summed E-state index contributed by atoms with van der Waals surface area (Å²) in [5.41, 5.74) is -0.497. The van der Waals surface area contributed by atoms with Gasteiger partial charge in [0.25, 0.3) is 5.91 Å². The maximum atomic E-state index is 11.9. The quantitative estimate of drug-likeness (QED) is 0.577. The van der Waals surface area contributed by atoms with E-state index in [1.165, 1.54) is 19.1 Å². The van der Waals surface area contributed by atoms with Gasteiger partial charge in [-0.3, -0.25) is 4.79 Å². The lowest BCUT2D eigenvalue weighted by atomic mass is 10.1. The van der Waals surface area contributed by atoms with Crippen LogP contribution in [0.25, 0.3) is 0 Å². The van der Waals surface area contributed by atoms with Gasteiger partial charge in [-0.2, -0.15) is 0 Å². The molecule has 0 saturated heterocycles. The number of esters is 1. The standard InChI is InChI=1S/C14H19NO5/c1-8(13(19)20-14(2,3)4)15-12(18)9-5-6-10(16)11(17)7-9/h5-8,16-17H,1-4H3,(H,15,18)/t8-/m0/s1. The molecule has 0 saturated carbocycles. The van der Waals surface area contributed by atoms with Crippen molar-refractivity contribution in [3.63, 3.8) is 0 Å². The van der Waals surface area contributed by atoms with Crippen molar-refractivity contribution < 1.29 is 24.5 Å². The summed E-state index contributed by atoms with van der Waals surface area (Å²) >= 11 is 0. The fourth-order valence-corrected chi connectivity index (χ4v) is 1.39. The molecule has 0 aliphatic rings.